The summed E-state index contributed by atoms with van der Waals surface area (Å²) in [6.07, 6.45) is 6.99. The van der Waals surface area contributed by atoms with Gasteiger partial charge in [-0.1, -0.05) is 17.7 Å². The second kappa shape index (κ2) is 4.87. The summed E-state index contributed by atoms with van der Waals surface area (Å²) < 4.78 is 0. The van der Waals surface area contributed by atoms with E-state index in [0.717, 1.165) is 34.3 Å². The molecule has 114 valence electrons. The summed E-state index contributed by atoms with van der Waals surface area (Å²) in [5.41, 5.74) is 5.25. The van der Waals surface area contributed by atoms with Gasteiger partial charge in [0.25, 0.3) is 5.91 Å². The number of allylic oxidation sites excluding steroid dienone is 2. The third-order valence-electron chi connectivity index (χ3n) is 4.55. The lowest BCUT2D eigenvalue weighted by molar-refractivity contribution is -0.117. The predicted octanol–water partition coefficient (Wildman–Crippen LogP) is 3.56. The van der Waals surface area contributed by atoms with Crippen molar-refractivity contribution in [1.82, 2.24) is 5.32 Å². The molecular weight excluding hydrogens is 274 g/mol. The van der Waals surface area contributed by atoms with Crippen LogP contribution in [0.4, 0.5) is 0 Å². The van der Waals surface area contributed by atoms with E-state index in [-0.39, 0.29) is 11.4 Å². The molecule has 3 rings (SSSR count). The van der Waals surface area contributed by atoms with Crippen molar-refractivity contribution >= 4 is 12.0 Å². The molecule has 1 unspecified atom stereocenters. The first-order chi connectivity index (χ1) is 10.3. The Kier molecular flexibility index (Phi) is 3.24. The van der Waals surface area contributed by atoms with Gasteiger partial charge in [0.15, 0.2) is 0 Å². The highest BCUT2D eigenvalue weighted by molar-refractivity contribution is 6.07. The van der Waals surface area contributed by atoms with Crippen molar-refractivity contribution in [3.63, 3.8) is 0 Å². The first-order valence-corrected chi connectivity index (χ1v) is 7.54. The van der Waals surface area contributed by atoms with Gasteiger partial charge in [-0.25, -0.2) is 0 Å². The lowest BCUT2D eigenvalue weighted by atomic mass is 9.82. The van der Waals surface area contributed by atoms with Crippen molar-refractivity contribution < 1.29 is 9.90 Å². The predicted molar refractivity (Wildman–Crippen MR) is 88.6 cm³/mol. The zero-order valence-electron chi connectivity index (χ0n) is 13.4. The lowest BCUT2D eigenvalue weighted by Gasteiger charge is -2.27. The standard InChI is InChI=1S/C19H21NO2/c1-11-5-6-19(4)16(7-11)15(18(22)20-19)10-14-8-12(2)17(21)13(3)9-14/h5,7-10,21H,6H2,1-4H3,(H,20,22). The number of carbonyl (C=O) groups is 1. The number of carbonyl (C=O) groups excluding carboxylic acids is 1. The van der Waals surface area contributed by atoms with Gasteiger partial charge in [0.05, 0.1) is 5.54 Å². The zero-order valence-corrected chi connectivity index (χ0v) is 13.4. The molecule has 3 nitrogen and oxygen atoms in total. The topological polar surface area (TPSA) is 49.3 Å². The number of fused-ring (bicyclic) bond motifs is 1. The molecule has 1 fully saturated rings. The fourth-order valence-corrected chi connectivity index (χ4v) is 3.24. The minimum Gasteiger partial charge on any atom is -0.507 e. The van der Waals surface area contributed by atoms with E-state index in [9.17, 15) is 9.90 Å². The minimum atomic E-state index is -0.302. The number of rotatable bonds is 1. The molecule has 1 saturated heterocycles. The van der Waals surface area contributed by atoms with Crippen LogP contribution in [0, 0.1) is 13.8 Å². The largest absolute Gasteiger partial charge is 0.507 e. The smallest absolute Gasteiger partial charge is 0.252 e. The second-order valence-electron chi connectivity index (χ2n) is 6.56. The van der Waals surface area contributed by atoms with Crippen molar-refractivity contribution in [3.8, 4) is 5.75 Å². The SMILES string of the molecule is CC1=CCC2(C)NC(=O)C(=Cc3cc(C)c(O)c(C)c3)C2=C1. The molecule has 1 aromatic rings. The highest BCUT2D eigenvalue weighted by Gasteiger charge is 2.42. The molecule has 1 amide bonds. The van der Waals surface area contributed by atoms with Crippen LogP contribution in [0.15, 0.2) is 41.0 Å². The molecule has 1 aromatic carbocycles. The Morgan fingerprint density at radius 2 is 1.86 bits per heavy atom. The molecule has 1 atom stereocenters. The summed E-state index contributed by atoms with van der Waals surface area (Å²) >= 11 is 0. The monoisotopic (exact) mass is 295 g/mol. The highest BCUT2D eigenvalue weighted by atomic mass is 16.3. The molecule has 3 heteroatoms. The van der Waals surface area contributed by atoms with E-state index in [2.05, 4.69) is 31.3 Å². The Bertz CT molecular complexity index is 745. The number of aryl methyl sites for hydroxylation is 2. The lowest BCUT2D eigenvalue weighted by Crippen LogP contribution is -2.39. The van der Waals surface area contributed by atoms with Gasteiger partial charge in [-0.3, -0.25) is 4.79 Å². The first-order valence-electron chi connectivity index (χ1n) is 7.54. The summed E-state index contributed by atoms with van der Waals surface area (Å²) in [5.74, 6) is 0.291. The molecule has 1 heterocycles. The van der Waals surface area contributed by atoms with E-state index in [1.165, 1.54) is 5.57 Å². The number of aromatic hydroxyl groups is 1. The van der Waals surface area contributed by atoms with Crippen molar-refractivity contribution in [1.29, 1.82) is 0 Å². The van der Waals surface area contributed by atoms with Crippen LogP contribution in [0.2, 0.25) is 0 Å². The number of benzene rings is 1. The molecule has 0 radical (unpaired) electrons. The maximum Gasteiger partial charge on any atom is 0.252 e. The fraction of sp³-hybridized carbons (Fsp3) is 0.316. The molecule has 2 N–H and O–H groups in total. The molecule has 1 aliphatic heterocycles. The Hall–Kier alpha value is -2.29. The van der Waals surface area contributed by atoms with Gasteiger partial charge in [-0.05, 0) is 74.6 Å². The average Bonchev–Trinajstić information content (AvgIpc) is 2.68. The number of hydrogen-bond donors (Lipinski definition) is 2. The van der Waals surface area contributed by atoms with Gasteiger partial charge in [0.2, 0.25) is 0 Å². The van der Waals surface area contributed by atoms with E-state index in [1.54, 1.807) is 0 Å². The van der Waals surface area contributed by atoms with Gasteiger partial charge in [-0.2, -0.15) is 0 Å². The Morgan fingerprint density at radius 3 is 2.50 bits per heavy atom. The Labute approximate surface area is 131 Å². The Balaban J connectivity index is 2.11. The maximum absolute atomic E-state index is 12.4. The molecule has 1 aliphatic carbocycles. The van der Waals surface area contributed by atoms with Gasteiger partial charge in [-0.15, -0.1) is 0 Å². The quantitative estimate of drug-likeness (QED) is 0.778. The molecule has 0 aromatic heterocycles. The number of hydrogen-bond acceptors (Lipinski definition) is 2. The molecule has 0 bridgehead atoms. The van der Waals surface area contributed by atoms with Crippen LogP contribution in [0.1, 0.15) is 37.0 Å². The maximum atomic E-state index is 12.4. The molecule has 0 spiro atoms. The minimum absolute atomic E-state index is 0.0276. The molecular formula is C19H21NO2. The van der Waals surface area contributed by atoms with Crippen molar-refractivity contribution in [2.75, 3.05) is 0 Å². The van der Waals surface area contributed by atoms with Gasteiger partial charge < -0.3 is 10.4 Å². The highest BCUT2D eigenvalue weighted by Crippen LogP contribution is 2.39. The summed E-state index contributed by atoms with van der Waals surface area (Å²) in [6.45, 7) is 7.86. The van der Waals surface area contributed by atoms with Crippen LogP contribution in [0.5, 0.6) is 5.75 Å². The van der Waals surface area contributed by atoms with Crippen LogP contribution < -0.4 is 5.32 Å². The number of phenolic OH excluding ortho intramolecular Hbond substituents is 1. The number of amides is 1. The van der Waals surface area contributed by atoms with E-state index in [1.807, 2.05) is 32.1 Å². The first kappa shape index (κ1) is 14.6. The van der Waals surface area contributed by atoms with Crippen molar-refractivity contribution in [3.05, 3.63) is 57.7 Å². The zero-order chi connectivity index (χ0) is 16.1. The summed E-state index contributed by atoms with van der Waals surface area (Å²) in [4.78, 5) is 12.4. The van der Waals surface area contributed by atoms with Gasteiger partial charge in [0, 0.05) is 5.57 Å². The van der Waals surface area contributed by atoms with Crippen LogP contribution in [0.25, 0.3) is 6.08 Å². The number of nitrogens with one attached hydrogen (secondary N) is 1. The summed E-state index contributed by atoms with van der Waals surface area (Å²) in [7, 11) is 0. The molecule has 2 aliphatic rings. The summed E-state index contributed by atoms with van der Waals surface area (Å²) in [5, 5.41) is 13.0. The molecule has 22 heavy (non-hydrogen) atoms. The van der Waals surface area contributed by atoms with Crippen LogP contribution >= 0.6 is 0 Å². The summed E-state index contributed by atoms with van der Waals surface area (Å²) in [6, 6.07) is 3.81. The second-order valence-corrected chi connectivity index (χ2v) is 6.56. The average molecular weight is 295 g/mol. The fourth-order valence-electron chi connectivity index (χ4n) is 3.24. The van der Waals surface area contributed by atoms with Crippen LogP contribution in [-0.4, -0.2) is 16.6 Å². The van der Waals surface area contributed by atoms with E-state index in [0.29, 0.717) is 5.75 Å². The van der Waals surface area contributed by atoms with Gasteiger partial charge >= 0.3 is 0 Å². The molecule has 0 saturated carbocycles. The van der Waals surface area contributed by atoms with E-state index < -0.39 is 0 Å². The van der Waals surface area contributed by atoms with Crippen molar-refractivity contribution in [2.45, 2.75) is 39.7 Å². The number of phenols is 1. The third-order valence-corrected chi connectivity index (χ3v) is 4.55. The van der Waals surface area contributed by atoms with E-state index >= 15 is 0 Å². The van der Waals surface area contributed by atoms with Gasteiger partial charge in [0.1, 0.15) is 5.75 Å². The Morgan fingerprint density at radius 1 is 1.23 bits per heavy atom. The van der Waals surface area contributed by atoms with E-state index in [4.69, 9.17) is 0 Å². The van der Waals surface area contributed by atoms with Crippen LogP contribution in [-0.2, 0) is 4.79 Å². The van der Waals surface area contributed by atoms with Crippen LogP contribution in [0.3, 0.4) is 0 Å². The normalized spacial score (nSPS) is 25.6. The van der Waals surface area contributed by atoms with Crippen molar-refractivity contribution in [2.24, 2.45) is 0 Å². The third kappa shape index (κ3) is 2.27.